The number of pyridine rings is 2. The van der Waals surface area contributed by atoms with E-state index in [4.69, 9.17) is 26.8 Å². The molecule has 0 spiro atoms. The highest BCUT2D eigenvalue weighted by Crippen LogP contribution is 2.41. The van der Waals surface area contributed by atoms with E-state index in [1.165, 1.54) is 36.9 Å². The Morgan fingerprint density at radius 2 is 1.16 bits per heavy atom. The van der Waals surface area contributed by atoms with Crippen LogP contribution < -0.4 is 42.3 Å². The number of H-pyrrole nitrogens is 2. The van der Waals surface area contributed by atoms with Gasteiger partial charge in [0.15, 0.2) is 40.7 Å². The number of nitrogens with two attached hydrogens (primary N) is 1. The lowest BCUT2D eigenvalue weighted by atomic mass is 10.1. The van der Waals surface area contributed by atoms with Crippen molar-refractivity contribution in [1.29, 1.82) is 0 Å². The number of hydrogen-bond donors (Lipinski definition) is 6. The molecule has 6 aromatic heterocycles. The highest BCUT2D eigenvalue weighted by molar-refractivity contribution is 6.30. The van der Waals surface area contributed by atoms with Gasteiger partial charge >= 0.3 is 0 Å². The van der Waals surface area contributed by atoms with E-state index in [-0.39, 0.29) is 46.4 Å². The van der Waals surface area contributed by atoms with Crippen LogP contribution in [-0.2, 0) is 14.1 Å². The van der Waals surface area contributed by atoms with Crippen molar-refractivity contribution >= 4 is 63.6 Å². The average Bonchev–Trinajstić information content (AvgIpc) is 4.28. The Labute approximate surface area is 397 Å². The summed E-state index contributed by atoms with van der Waals surface area (Å²) in [5.41, 5.74) is 9.54. The van der Waals surface area contributed by atoms with Crippen molar-refractivity contribution in [1.82, 2.24) is 59.4 Å². The van der Waals surface area contributed by atoms with E-state index < -0.39 is 0 Å². The van der Waals surface area contributed by atoms with E-state index in [1.54, 1.807) is 62.5 Å². The van der Waals surface area contributed by atoms with E-state index >= 15 is 0 Å². The zero-order valence-electron chi connectivity index (χ0n) is 37.6. The molecule has 352 valence electrons. The number of aromatic nitrogens is 12. The lowest BCUT2D eigenvalue weighted by molar-refractivity contribution is 0.0960. The fourth-order valence-corrected chi connectivity index (χ4v) is 7.06. The summed E-state index contributed by atoms with van der Waals surface area (Å²) in [5, 5.41) is 18.6. The van der Waals surface area contributed by atoms with Crippen molar-refractivity contribution in [3.05, 3.63) is 135 Å². The van der Waals surface area contributed by atoms with Crippen LogP contribution in [0.5, 0.6) is 11.5 Å². The second-order valence-corrected chi connectivity index (χ2v) is 16.1. The number of aromatic amines is 2. The number of benzene rings is 2. The number of hydrogen-bond acceptors (Lipinski definition) is 18. The molecule has 2 aliphatic rings. The van der Waals surface area contributed by atoms with Crippen molar-refractivity contribution in [2.24, 2.45) is 25.9 Å². The summed E-state index contributed by atoms with van der Waals surface area (Å²) < 4.78 is 14.6. The summed E-state index contributed by atoms with van der Waals surface area (Å²) in [4.78, 5) is 77.0. The number of carbonyl (C=O) groups excluding carboxylic acids is 2. The molecule has 6 heterocycles. The zero-order chi connectivity index (χ0) is 48.6. The third-order valence-electron chi connectivity index (χ3n) is 10.5. The van der Waals surface area contributed by atoms with Crippen LogP contribution in [0.3, 0.4) is 0 Å². The molecule has 2 aliphatic carbocycles. The molecule has 0 bridgehead atoms. The standard InChI is InChI=1S/C23H22N8O3.C19H18ClN5O2.C4H5N3O/c1-31-12-26-22(30-31)14-4-3-5-16(21(14)34-2)27-17-10-18(28-23-24-9-8-19(32)29-23)25-11-15(17)20(33)13-6-7-13;1-25-10-22-19(24-25)12-4-3-5-14(18(12)27-2)23-15-8-16(20)21-9-13(15)17(26)11-6-7-11;5-4-6-2-1-3(8)7-4/h3-5,8-13H,6-7H2,1-2H3,(H3,24,25,27,28,29,32);3-5,8-11H,6-7H2,1-2H3,(H,21,23);1-2H,(H3,5,6,7,8). The predicted molar refractivity (Wildman–Crippen MR) is 258 cm³/mol. The summed E-state index contributed by atoms with van der Waals surface area (Å²) in [7, 11) is 6.75. The average molecular weight is 953 g/mol. The molecule has 10 rings (SSSR count). The summed E-state index contributed by atoms with van der Waals surface area (Å²) in [6, 6.07) is 17.2. The molecule has 0 radical (unpaired) electrons. The highest BCUT2D eigenvalue weighted by atomic mass is 35.5. The predicted octanol–water partition coefficient (Wildman–Crippen LogP) is 6.28. The Morgan fingerprint density at radius 1 is 0.652 bits per heavy atom. The molecule has 69 heavy (non-hydrogen) atoms. The number of nitrogens with zero attached hydrogens (tertiary/aromatic N) is 10. The van der Waals surface area contributed by atoms with Crippen molar-refractivity contribution in [2.45, 2.75) is 25.7 Å². The molecule has 7 N–H and O–H groups in total. The molecule has 8 aromatic rings. The molecule has 2 saturated carbocycles. The van der Waals surface area contributed by atoms with Crippen LogP contribution in [0.2, 0.25) is 5.15 Å². The van der Waals surface area contributed by atoms with Gasteiger partial charge in [-0.1, -0.05) is 23.7 Å². The van der Waals surface area contributed by atoms with Crippen LogP contribution in [0.1, 0.15) is 46.4 Å². The third-order valence-corrected chi connectivity index (χ3v) is 10.7. The Kier molecular flexibility index (Phi) is 14.1. The first-order chi connectivity index (χ1) is 33.4. The lowest BCUT2D eigenvalue weighted by Gasteiger charge is -2.17. The van der Waals surface area contributed by atoms with Crippen LogP contribution >= 0.6 is 11.6 Å². The number of rotatable bonds is 14. The van der Waals surface area contributed by atoms with Crippen molar-refractivity contribution in [3.63, 3.8) is 0 Å². The zero-order valence-corrected chi connectivity index (χ0v) is 38.4. The highest BCUT2D eigenvalue weighted by Gasteiger charge is 2.33. The first-order valence-electron chi connectivity index (χ1n) is 21.3. The SMILES string of the molecule is COc1c(Nc2cc(Cl)ncc2C(=O)C2CC2)cccc1-c1ncn(C)n1.COc1c(Nc2cc(Nc3nccc(=O)[nH]3)ncc2C(=O)C2CC2)cccc1-c1ncn(C)n1.Nc1nccc(=O)[nH]1. The lowest BCUT2D eigenvalue weighted by Crippen LogP contribution is -2.11. The number of methoxy groups -OCH3 is 2. The smallest absolute Gasteiger partial charge is 0.252 e. The maximum absolute atomic E-state index is 13.0. The number of anilines is 7. The van der Waals surface area contributed by atoms with E-state index in [0.717, 1.165) is 31.2 Å². The molecular weight excluding hydrogens is 908 g/mol. The van der Waals surface area contributed by atoms with E-state index in [0.29, 0.717) is 73.6 Å². The quantitative estimate of drug-likeness (QED) is 0.0516. The van der Waals surface area contributed by atoms with E-state index in [2.05, 4.69) is 66.0 Å². The Balaban J connectivity index is 0.000000163. The topological polar surface area (TPSA) is 293 Å². The Morgan fingerprint density at radius 3 is 1.61 bits per heavy atom. The summed E-state index contributed by atoms with van der Waals surface area (Å²) in [5.74, 6) is 3.22. The number of carbonyl (C=O) groups is 2. The number of para-hydroxylation sites is 2. The minimum Gasteiger partial charge on any atom is -0.494 e. The first kappa shape index (κ1) is 46.7. The molecular formula is C46H45ClN16O6. The molecule has 0 atom stereocenters. The molecule has 2 aromatic carbocycles. The van der Waals surface area contributed by atoms with Gasteiger partial charge in [-0.2, -0.15) is 10.2 Å². The van der Waals surface area contributed by atoms with Gasteiger partial charge in [0.2, 0.25) is 5.95 Å². The monoisotopic (exact) mass is 952 g/mol. The minimum atomic E-state index is -0.291. The molecule has 0 aliphatic heterocycles. The van der Waals surface area contributed by atoms with E-state index in [1.807, 2.05) is 36.4 Å². The van der Waals surface area contributed by atoms with Gasteiger partial charge in [-0.05, 0) is 56.0 Å². The van der Waals surface area contributed by atoms with Gasteiger partial charge < -0.3 is 31.2 Å². The number of ether oxygens (including phenoxy) is 2. The molecule has 22 nitrogen and oxygen atoms in total. The number of ketones is 2. The van der Waals surface area contributed by atoms with Crippen LogP contribution in [0.15, 0.2) is 108 Å². The van der Waals surface area contributed by atoms with E-state index in [9.17, 15) is 19.2 Å². The van der Waals surface area contributed by atoms with Crippen molar-refractivity contribution < 1.29 is 19.1 Å². The van der Waals surface area contributed by atoms with Gasteiger partial charge in [0.1, 0.15) is 23.6 Å². The maximum Gasteiger partial charge on any atom is 0.252 e. The molecule has 23 heteroatoms. The minimum absolute atomic E-state index is 0.0132. The molecule has 0 saturated heterocycles. The third kappa shape index (κ3) is 11.6. The number of Topliss-reactive ketones (excluding diaryl/α,β-unsaturated/α-hetero) is 2. The number of nitrogen functional groups attached to an aromatic ring is 1. The summed E-state index contributed by atoms with van der Waals surface area (Å²) >= 11 is 6.07. The van der Waals surface area contributed by atoms with Crippen molar-refractivity contribution in [2.75, 3.05) is 35.9 Å². The fraction of sp³-hybridized carbons (Fsp3) is 0.217. The molecule has 2 fully saturated rings. The van der Waals surface area contributed by atoms with Crippen LogP contribution in [-0.4, -0.2) is 85.2 Å². The number of nitrogens with one attached hydrogen (secondary N) is 5. The van der Waals surface area contributed by atoms with Crippen LogP contribution in [0.4, 0.5) is 40.5 Å². The second-order valence-electron chi connectivity index (χ2n) is 15.7. The van der Waals surface area contributed by atoms with Crippen LogP contribution in [0, 0.1) is 11.8 Å². The summed E-state index contributed by atoms with van der Waals surface area (Å²) in [6.07, 6.45) is 12.6. The Bertz CT molecular complexity index is 3270. The summed E-state index contributed by atoms with van der Waals surface area (Å²) in [6.45, 7) is 0. The van der Waals surface area contributed by atoms with Crippen LogP contribution in [0.25, 0.3) is 22.8 Å². The normalized spacial score (nSPS) is 12.7. The van der Waals surface area contributed by atoms with Gasteiger partial charge in [-0.15, -0.1) is 0 Å². The largest absolute Gasteiger partial charge is 0.494 e. The Hall–Kier alpha value is -8.79. The van der Waals surface area contributed by atoms with Crippen molar-refractivity contribution in [3.8, 4) is 34.3 Å². The van der Waals surface area contributed by atoms with Gasteiger partial charge in [0, 0.05) is 68.9 Å². The maximum atomic E-state index is 13.0. The van der Waals surface area contributed by atoms with Gasteiger partial charge in [-0.3, -0.25) is 38.5 Å². The van der Waals surface area contributed by atoms with Gasteiger partial charge in [-0.25, -0.2) is 29.9 Å². The van der Waals surface area contributed by atoms with Gasteiger partial charge in [0.25, 0.3) is 11.1 Å². The first-order valence-corrected chi connectivity index (χ1v) is 21.7. The number of halogens is 1. The fourth-order valence-electron chi connectivity index (χ4n) is 6.90. The second kappa shape index (κ2) is 20.8. The number of aryl methyl sites for hydroxylation is 2. The van der Waals surface area contributed by atoms with Gasteiger partial charge in [0.05, 0.1) is 59.2 Å². The molecule has 0 amide bonds. The molecule has 0 unspecified atom stereocenters.